The van der Waals surface area contributed by atoms with Gasteiger partial charge in [0.2, 0.25) is 0 Å². The fourth-order valence-corrected chi connectivity index (χ4v) is 1.40. The highest BCUT2D eigenvalue weighted by Crippen LogP contribution is 2.13. The molecule has 1 rings (SSSR count). The van der Waals surface area contributed by atoms with Crippen molar-refractivity contribution >= 4 is 0 Å². The van der Waals surface area contributed by atoms with Gasteiger partial charge in [0.1, 0.15) is 6.07 Å². The molecule has 1 heterocycles. The molecule has 0 fully saturated rings. The van der Waals surface area contributed by atoms with E-state index in [-0.39, 0.29) is 0 Å². The Hall–Kier alpha value is -1.30. The van der Waals surface area contributed by atoms with Gasteiger partial charge in [-0.25, -0.2) is 0 Å². The van der Waals surface area contributed by atoms with E-state index in [9.17, 15) is 0 Å². The van der Waals surface area contributed by atoms with Crippen LogP contribution in [-0.2, 0) is 19.9 Å². The van der Waals surface area contributed by atoms with Gasteiger partial charge >= 0.3 is 0 Å². The van der Waals surface area contributed by atoms with Crippen LogP contribution in [0, 0.1) is 11.3 Å². The number of hydrogen-bond donors (Lipinski definition) is 0. The lowest BCUT2D eigenvalue weighted by Crippen LogP contribution is -1.97. The molecule has 0 aliphatic rings. The van der Waals surface area contributed by atoms with E-state index in [0.717, 1.165) is 29.8 Å². The summed E-state index contributed by atoms with van der Waals surface area (Å²) in [7, 11) is 1.89. The summed E-state index contributed by atoms with van der Waals surface area (Å²) in [5, 5.41) is 13.1. The van der Waals surface area contributed by atoms with E-state index < -0.39 is 0 Å². The van der Waals surface area contributed by atoms with E-state index in [0.29, 0.717) is 0 Å². The molecule has 0 saturated heterocycles. The summed E-state index contributed by atoms with van der Waals surface area (Å²) in [5.74, 6) is 0. The highest BCUT2D eigenvalue weighted by molar-refractivity contribution is 5.38. The molecule has 1 aromatic rings. The summed E-state index contributed by atoms with van der Waals surface area (Å²) in [6.07, 6.45) is 1.70. The minimum absolute atomic E-state index is 0.766. The number of hydrogen-bond acceptors (Lipinski definition) is 2. The maximum atomic E-state index is 8.87. The summed E-state index contributed by atoms with van der Waals surface area (Å²) in [5.41, 5.74) is 2.72. The van der Waals surface area contributed by atoms with Crippen molar-refractivity contribution in [1.82, 2.24) is 9.78 Å². The maximum absolute atomic E-state index is 8.87. The molecule has 0 spiro atoms. The van der Waals surface area contributed by atoms with Crippen LogP contribution in [0.1, 0.15) is 30.8 Å². The minimum atomic E-state index is 0.766. The Labute approximate surface area is 72.6 Å². The van der Waals surface area contributed by atoms with Crippen LogP contribution >= 0.6 is 0 Å². The molecule has 12 heavy (non-hydrogen) atoms. The fourth-order valence-electron chi connectivity index (χ4n) is 1.40. The molecule has 1 aromatic heterocycles. The second-order valence-electron chi connectivity index (χ2n) is 2.71. The smallest absolute Gasteiger partial charge is 0.103 e. The maximum Gasteiger partial charge on any atom is 0.103 e. The average Bonchev–Trinajstić information content (AvgIpc) is 2.40. The highest BCUT2D eigenvalue weighted by atomic mass is 15.3. The van der Waals surface area contributed by atoms with Crippen molar-refractivity contribution < 1.29 is 0 Å². The van der Waals surface area contributed by atoms with Crippen molar-refractivity contribution in [2.75, 3.05) is 0 Å². The quantitative estimate of drug-likeness (QED) is 0.661. The second kappa shape index (κ2) is 3.40. The van der Waals surface area contributed by atoms with Crippen molar-refractivity contribution in [2.45, 2.75) is 26.7 Å². The molecule has 3 heteroatoms. The van der Waals surface area contributed by atoms with Gasteiger partial charge in [0.25, 0.3) is 0 Å². The van der Waals surface area contributed by atoms with Gasteiger partial charge in [-0.3, -0.25) is 4.68 Å². The molecule has 0 atom stereocenters. The molecular formula is C9H13N3. The summed E-state index contributed by atoms with van der Waals surface area (Å²) in [4.78, 5) is 0. The predicted molar refractivity (Wildman–Crippen MR) is 46.7 cm³/mol. The normalized spacial score (nSPS) is 9.83. The minimum Gasteiger partial charge on any atom is -0.271 e. The van der Waals surface area contributed by atoms with Crippen LogP contribution in [0.4, 0.5) is 0 Å². The first-order valence-corrected chi connectivity index (χ1v) is 4.19. The van der Waals surface area contributed by atoms with Gasteiger partial charge in [0.05, 0.1) is 17.0 Å². The van der Waals surface area contributed by atoms with Crippen molar-refractivity contribution in [3.05, 3.63) is 17.0 Å². The van der Waals surface area contributed by atoms with Crippen molar-refractivity contribution in [3.63, 3.8) is 0 Å². The van der Waals surface area contributed by atoms with Crippen LogP contribution in [0.15, 0.2) is 0 Å². The Balaban J connectivity index is 3.28. The molecule has 0 bridgehead atoms. The van der Waals surface area contributed by atoms with Crippen LogP contribution in [-0.4, -0.2) is 9.78 Å². The zero-order valence-corrected chi connectivity index (χ0v) is 7.76. The SMILES string of the molecule is CCc1nn(C)c(CC)c1C#N. The molecule has 0 aliphatic heterocycles. The lowest BCUT2D eigenvalue weighted by Gasteiger charge is -1.95. The van der Waals surface area contributed by atoms with Gasteiger partial charge in [-0.15, -0.1) is 0 Å². The standard InChI is InChI=1S/C9H13N3/c1-4-8-7(6-10)9(5-2)12(3)11-8/h4-5H2,1-3H3. The van der Waals surface area contributed by atoms with E-state index >= 15 is 0 Å². The number of aryl methyl sites for hydroxylation is 2. The van der Waals surface area contributed by atoms with Gasteiger partial charge < -0.3 is 0 Å². The van der Waals surface area contributed by atoms with Crippen LogP contribution in [0.25, 0.3) is 0 Å². The Morgan fingerprint density at radius 2 is 2.08 bits per heavy atom. The third-order valence-corrected chi connectivity index (χ3v) is 2.02. The van der Waals surface area contributed by atoms with Crippen LogP contribution < -0.4 is 0 Å². The first-order valence-electron chi connectivity index (χ1n) is 4.19. The number of aromatic nitrogens is 2. The molecule has 0 unspecified atom stereocenters. The Bertz CT molecular complexity index is 317. The lowest BCUT2D eigenvalue weighted by molar-refractivity contribution is 0.704. The molecule has 3 nitrogen and oxygen atoms in total. The summed E-state index contributed by atoms with van der Waals surface area (Å²) >= 11 is 0. The first kappa shape index (κ1) is 8.79. The van der Waals surface area contributed by atoms with Crippen molar-refractivity contribution in [3.8, 4) is 6.07 Å². The third-order valence-electron chi connectivity index (χ3n) is 2.02. The molecule has 0 amide bonds. The molecule has 0 radical (unpaired) electrons. The Morgan fingerprint density at radius 1 is 1.42 bits per heavy atom. The van der Waals surface area contributed by atoms with E-state index in [1.54, 1.807) is 4.68 Å². The predicted octanol–water partition coefficient (Wildman–Crippen LogP) is 1.42. The molecule has 0 aromatic carbocycles. The van der Waals surface area contributed by atoms with E-state index in [1.165, 1.54) is 0 Å². The zero-order valence-electron chi connectivity index (χ0n) is 7.76. The molecule has 0 aliphatic carbocycles. The van der Waals surface area contributed by atoms with Crippen LogP contribution in [0.2, 0.25) is 0 Å². The molecule has 64 valence electrons. The van der Waals surface area contributed by atoms with Gasteiger partial charge in [-0.1, -0.05) is 13.8 Å². The summed E-state index contributed by atoms with van der Waals surface area (Å²) in [6.45, 7) is 4.06. The lowest BCUT2D eigenvalue weighted by atomic mass is 10.1. The average molecular weight is 163 g/mol. The monoisotopic (exact) mass is 163 g/mol. The van der Waals surface area contributed by atoms with Gasteiger partial charge in [-0.05, 0) is 12.8 Å². The van der Waals surface area contributed by atoms with Crippen molar-refractivity contribution in [1.29, 1.82) is 5.26 Å². The first-order chi connectivity index (χ1) is 5.74. The molecule has 0 saturated carbocycles. The molecular weight excluding hydrogens is 150 g/mol. The van der Waals surface area contributed by atoms with Crippen LogP contribution in [0.5, 0.6) is 0 Å². The third kappa shape index (κ3) is 1.20. The highest BCUT2D eigenvalue weighted by Gasteiger charge is 2.11. The zero-order chi connectivity index (χ0) is 9.14. The van der Waals surface area contributed by atoms with Gasteiger partial charge in [0, 0.05) is 7.05 Å². The summed E-state index contributed by atoms with van der Waals surface area (Å²) in [6, 6.07) is 2.20. The number of nitrogens with zero attached hydrogens (tertiary/aromatic N) is 3. The van der Waals surface area contributed by atoms with Crippen LogP contribution in [0.3, 0.4) is 0 Å². The Kier molecular flexibility index (Phi) is 2.49. The topological polar surface area (TPSA) is 41.6 Å². The Morgan fingerprint density at radius 3 is 2.50 bits per heavy atom. The molecule has 0 N–H and O–H groups in total. The van der Waals surface area contributed by atoms with Gasteiger partial charge in [-0.2, -0.15) is 10.4 Å². The van der Waals surface area contributed by atoms with E-state index in [2.05, 4.69) is 11.2 Å². The number of rotatable bonds is 2. The largest absolute Gasteiger partial charge is 0.271 e. The fraction of sp³-hybridized carbons (Fsp3) is 0.556. The second-order valence-corrected chi connectivity index (χ2v) is 2.71. The van der Waals surface area contributed by atoms with E-state index in [1.807, 2.05) is 20.9 Å². The van der Waals surface area contributed by atoms with Crippen molar-refractivity contribution in [2.24, 2.45) is 7.05 Å². The van der Waals surface area contributed by atoms with E-state index in [4.69, 9.17) is 5.26 Å². The van der Waals surface area contributed by atoms with Gasteiger partial charge in [0.15, 0.2) is 0 Å². The number of nitriles is 1. The summed E-state index contributed by atoms with van der Waals surface area (Å²) < 4.78 is 1.80.